The Labute approximate surface area is 263 Å². The average Bonchev–Trinajstić information content (AvgIpc) is 2.96. The van der Waals surface area contributed by atoms with Crippen molar-refractivity contribution < 1.29 is 43.3 Å². The molecule has 0 aromatic heterocycles. The average molecular weight is 636 g/mol. The van der Waals surface area contributed by atoms with Crippen molar-refractivity contribution in [1.82, 2.24) is 0 Å². The molecule has 0 saturated heterocycles. The largest absolute Gasteiger partial charge is 0.774 e. The molecule has 0 aromatic carbocycles. The molecule has 0 aliphatic carbocycles. The number of hydrogen-bond donors (Lipinski definition) is 3. The Hall–Kier alpha value is -0.800. The van der Waals surface area contributed by atoms with Crippen LogP contribution in [0.5, 0.6) is 0 Å². The first-order valence-electron chi connectivity index (χ1n) is 17.0. The smallest absolute Gasteiger partial charge is 0.305 e. The van der Waals surface area contributed by atoms with E-state index in [-0.39, 0.29) is 30.5 Å². The second kappa shape index (κ2) is 26.4. The molecule has 256 valence electrons. The van der Waals surface area contributed by atoms with E-state index in [1.54, 1.807) is 14.1 Å². The third kappa shape index (κ3) is 25.1. The quantitative estimate of drug-likeness (QED) is 0.0201. The number of carbonyl (C=O) groups is 1. The van der Waals surface area contributed by atoms with Crippen LogP contribution in [-0.2, 0) is 18.6 Å². The van der Waals surface area contributed by atoms with Crippen LogP contribution in [0.1, 0.15) is 142 Å². The highest BCUT2D eigenvalue weighted by Gasteiger charge is 2.34. The fraction of sp³-hybridized carbons (Fsp3) is 0.909. The monoisotopic (exact) mass is 635 g/mol. The van der Waals surface area contributed by atoms with Gasteiger partial charge in [0.2, 0.25) is 0 Å². The van der Waals surface area contributed by atoms with Crippen molar-refractivity contribution in [3.05, 3.63) is 12.2 Å². The zero-order chi connectivity index (χ0) is 32.4. The molecular formula is C33H66NO8P. The van der Waals surface area contributed by atoms with E-state index >= 15 is 0 Å². The number of esters is 1. The van der Waals surface area contributed by atoms with Gasteiger partial charge in [0.25, 0.3) is 0 Å². The number of aliphatic hydroxyl groups excluding tert-OH is 2. The normalized spacial score (nSPS) is 15.2. The second-order valence-electron chi connectivity index (χ2n) is 12.7. The van der Waals surface area contributed by atoms with E-state index < -0.39 is 38.3 Å². The molecule has 0 fully saturated rings. The molecule has 0 aliphatic rings. The first-order chi connectivity index (χ1) is 20.4. The molecule has 0 aliphatic heterocycles. The molecule has 3 atom stereocenters. The van der Waals surface area contributed by atoms with Gasteiger partial charge in [-0.05, 0) is 39.0 Å². The Kier molecular flexibility index (Phi) is 25.9. The van der Waals surface area contributed by atoms with E-state index in [1.165, 1.54) is 90.4 Å². The van der Waals surface area contributed by atoms with E-state index in [4.69, 9.17) is 19.5 Å². The van der Waals surface area contributed by atoms with Gasteiger partial charge in [0, 0.05) is 12.8 Å². The lowest BCUT2D eigenvalue weighted by molar-refractivity contribution is -0.902. The number of allylic oxidation sites excluding steroid dienone is 2. The number of ether oxygens (including phenoxy) is 1. The molecule has 3 N–H and O–H groups in total. The minimum Gasteiger partial charge on any atom is -0.774 e. The number of hydrogen-bond acceptors (Lipinski definition) is 8. The van der Waals surface area contributed by atoms with E-state index in [9.17, 15) is 19.4 Å². The predicted octanol–water partition coefficient (Wildman–Crippen LogP) is 6.57. The summed E-state index contributed by atoms with van der Waals surface area (Å²) in [5.74, 6) is -1.37. The minimum absolute atomic E-state index is 0.0209. The van der Waals surface area contributed by atoms with Gasteiger partial charge in [-0.15, -0.1) is 0 Å². The van der Waals surface area contributed by atoms with Crippen molar-refractivity contribution in [3.8, 4) is 0 Å². The van der Waals surface area contributed by atoms with E-state index in [0.29, 0.717) is 0 Å². The van der Waals surface area contributed by atoms with Gasteiger partial charge < -0.3 is 38.5 Å². The maximum absolute atomic E-state index is 12.5. The van der Waals surface area contributed by atoms with Crippen molar-refractivity contribution in [3.63, 3.8) is 0 Å². The maximum atomic E-state index is 12.5. The summed E-state index contributed by atoms with van der Waals surface area (Å²) in [6, 6.07) is 0. The van der Waals surface area contributed by atoms with Crippen molar-refractivity contribution >= 4 is 13.6 Å². The highest BCUT2D eigenvalue weighted by molar-refractivity contribution is 7.51. The molecule has 0 spiro atoms. The van der Waals surface area contributed by atoms with Crippen LogP contribution in [0.4, 0.5) is 0 Å². The summed E-state index contributed by atoms with van der Waals surface area (Å²) in [4.78, 5) is 24.5. The number of rotatable bonds is 30. The first kappa shape index (κ1) is 42.2. The molecule has 0 rings (SSSR count). The van der Waals surface area contributed by atoms with Gasteiger partial charge >= 0.3 is 5.97 Å². The topological polar surface area (TPSA) is 136 Å². The number of nitrogens with zero attached hydrogens (tertiary/aromatic N) is 1. The summed E-state index contributed by atoms with van der Waals surface area (Å²) in [5, 5.41) is 28.1. The molecule has 2 unspecified atom stereocenters. The molecule has 0 heterocycles. The first-order valence-corrected chi connectivity index (χ1v) is 18.7. The van der Waals surface area contributed by atoms with Crippen LogP contribution in [0.25, 0.3) is 0 Å². The third-order valence-electron chi connectivity index (χ3n) is 8.21. The van der Waals surface area contributed by atoms with Gasteiger partial charge in [0.15, 0.2) is 13.9 Å². The van der Waals surface area contributed by atoms with Crippen LogP contribution in [-0.4, -0.2) is 77.8 Å². The Morgan fingerprint density at radius 3 is 1.74 bits per heavy atom. The molecule has 10 heteroatoms. The molecular weight excluding hydrogens is 569 g/mol. The number of carbonyl (C=O) groups excluding carboxylic acids is 1. The summed E-state index contributed by atoms with van der Waals surface area (Å²) in [7, 11) is -1.06. The van der Waals surface area contributed by atoms with Crippen LogP contribution in [0.15, 0.2) is 12.2 Å². The van der Waals surface area contributed by atoms with E-state index in [2.05, 4.69) is 19.1 Å². The molecule has 0 amide bonds. The highest BCUT2D eigenvalue weighted by Crippen LogP contribution is 2.46. The fourth-order valence-electron chi connectivity index (χ4n) is 4.85. The molecule has 0 aromatic rings. The zero-order valence-electron chi connectivity index (χ0n) is 27.9. The molecule has 0 radical (unpaired) electrons. The Morgan fingerprint density at radius 2 is 1.26 bits per heavy atom. The maximum Gasteiger partial charge on any atom is 0.305 e. The van der Waals surface area contributed by atoms with Crippen molar-refractivity contribution in [1.29, 1.82) is 0 Å². The van der Waals surface area contributed by atoms with Gasteiger partial charge in [-0.25, -0.2) is 0 Å². The van der Waals surface area contributed by atoms with Crippen molar-refractivity contribution in [2.45, 2.75) is 160 Å². The van der Waals surface area contributed by atoms with Crippen molar-refractivity contribution in [2.75, 3.05) is 33.9 Å². The van der Waals surface area contributed by atoms with Crippen LogP contribution in [0.3, 0.4) is 0 Å². The number of aliphatic hydroxyl groups is 3. The Bertz CT molecular complexity index is 746. The van der Waals surface area contributed by atoms with Gasteiger partial charge in [0.05, 0.1) is 27.2 Å². The lowest BCUT2D eigenvalue weighted by atomic mass is 10.1. The molecule has 9 nitrogen and oxygen atoms in total. The summed E-state index contributed by atoms with van der Waals surface area (Å²) < 4.78 is 22.6. The number of unbranched alkanes of at least 4 members (excludes halogenated alkanes) is 16. The van der Waals surface area contributed by atoms with E-state index in [1.807, 2.05) is 0 Å². The summed E-state index contributed by atoms with van der Waals surface area (Å²) in [6.07, 6.45) is 24.6. The van der Waals surface area contributed by atoms with Crippen LogP contribution in [0, 0.1) is 0 Å². The van der Waals surface area contributed by atoms with Gasteiger partial charge in [-0.3, -0.25) is 4.79 Å². The highest BCUT2D eigenvalue weighted by atomic mass is 31.2. The predicted molar refractivity (Wildman–Crippen MR) is 172 cm³/mol. The zero-order valence-corrected chi connectivity index (χ0v) is 28.8. The molecule has 43 heavy (non-hydrogen) atoms. The van der Waals surface area contributed by atoms with Gasteiger partial charge in [-0.2, -0.15) is 0 Å². The molecule has 0 bridgehead atoms. The molecule has 0 saturated carbocycles. The Balaban J connectivity index is 3.70. The van der Waals surface area contributed by atoms with Crippen LogP contribution in [0.2, 0.25) is 0 Å². The summed E-state index contributed by atoms with van der Waals surface area (Å²) >= 11 is 0. The third-order valence-corrected chi connectivity index (χ3v) is 10.3. The van der Waals surface area contributed by atoms with Crippen LogP contribution < -0.4 is 4.89 Å². The van der Waals surface area contributed by atoms with E-state index in [0.717, 1.165) is 32.1 Å². The second-order valence-corrected chi connectivity index (χ2v) is 14.8. The minimum atomic E-state index is -4.36. The SMILES string of the molecule is CCCCCCCCCCCC/C=C\CCCCCCCCC(=O)OC[C@@H](O)COP(=O)([O-])C(C)[N+](C)(C)CCC(O)O. The Morgan fingerprint density at radius 1 is 0.791 bits per heavy atom. The number of quaternary nitrogens is 1. The standard InChI is InChI=1S/C33H66NO8P/c1-5-6-7-8-9-10-11-12-13-14-15-16-17-18-19-20-21-22-23-24-25-33(38)41-28-31(35)29-42-43(39,40)30(2)34(3,4)27-26-32(36)37/h16-17,30-32,35-37H,5-15,18-29H2,1-4H3/b17-16-/t30?,31-/m1/s1. The van der Waals surface area contributed by atoms with Gasteiger partial charge in [0.1, 0.15) is 18.5 Å². The van der Waals surface area contributed by atoms with Crippen LogP contribution >= 0.6 is 7.60 Å². The van der Waals surface area contributed by atoms with Gasteiger partial charge in [-0.1, -0.05) is 103 Å². The summed E-state index contributed by atoms with van der Waals surface area (Å²) in [5.41, 5.74) is 0. The lowest BCUT2D eigenvalue weighted by Crippen LogP contribution is -2.50. The van der Waals surface area contributed by atoms with Crippen molar-refractivity contribution in [2.24, 2.45) is 0 Å². The lowest BCUT2D eigenvalue weighted by Gasteiger charge is -2.42. The fourth-order valence-corrected chi connectivity index (χ4v) is 6.33. The summed E-state index contributed by atoms with van der Waals surface area (Å²) in [6.45, 7) is 3.12.